The summed E-state index contributed by atoms with van der Waals surface area (Å²) in [6.07, 6.45) is 3.28. The zero-order valence-electron chi connectivity index (χ0n) is 19.8. The van der Waals surface area contributed by atoms with Crippen molar-refractivity contribution in [3.63, 3.8) is 0 Å². The molecule has 0 aliphatic carbocycles. The third kappa shape index (κ3) is 5.61. The average Bonchev–Trinajstić information content (AvgIpc) is 3.29. The number of nitrogens with one attached hydrogen (secondary N) is 1. The fourth-order valence-electron chi connectivity index (χ4n) is 3.67. The number of hydrogen-bond acceptors (Lipinski definition) is 6. The Morgan fingerprint density at radius 2 is 1.73 bits per heavy atom. The van der Waals surface area contributed by atoms with Crippen molar-refractivity contribution in [3.8, 4) is 33.9 Å². The third-order valence-corrected chi connectivity index (χ3v) is 5.62. The number of benzene rings is 2. The first kappa shape index (κ1) is 24.0. The van der Waals surface area contributed by atoms with Gasteiger partial charge in [0, 0.05) is 30.4 Å². The molecule has 33 heavy (non-hydrogen) atoms. The van der Waals surface area contributed by atoms with Crippen LogP contribution in [-0.2, 0) is 9.59 Å². The minimum atomic E-state index is -0.237. The van der Waals surface area contributed by atoms with Crippen LogP contribution in [0.15, 0.2) is 41.1 Å². The molecule has 1 N–H and O–H groups in total. The highest BCUT2D eigenvalue weighted by molar-refractivity contribution is 5.96. The second-order valence-corrected chi connectivity index (χ2v) is 7.94. The normalized spacial score (nSPS) is 10.7. The summed E-state index contributed by atoms with van der Waals surface area (Å²) in [5.74, 6) is 1.75. The van der Waals surface area contributed by atoms with Gasteiger partial charge in [0.25, 0.3) is 0 Å². The molecule has 0 saturated carbocycles. The molecule has 174 valence electrons. The summed E-state index contributed by atoms with van der Waals surface area (Å²) >= 11 is 0. The molecule has 7 nitrogen and oxygen atoms in total. The number of nitrogens with zero attached hydrogens (tertiary/aromatic N) is 1. The van der Waals surface area contributed by atoms with Crippen LogP contribution in [0.5, 0.6) is 11.5 Å². The number of aryl methyl sites for hydroxylation is 1. The quantitative estimate of drug-likeness (QED) is 0.424. The molecule has 0 atom stereocenters. The van der Waals surface area contributed by atoms with Crippen molar-refractivity contribution < 1.29 is 23.6 Å². The topological polar surface area (TPSA) is 90.7 Å². The van der Waals surface area contributed by atoms with E-state index in [4.69, 9.17) is 14.0 Å². The highest BCUT2D eigenvalue weighted by atomic mass is 16.5. The van der Waals surface area contributed by atoms with Crippen molar-refractivity contribution in [2.24, 2.45) is 0 Å². The zero-order chi connectivity index (χ0) is 24.0. The van der Waals surface area contributed by atoms with E-state index in [2.05, 4.69) is 10.5 Å². The number of Topliss-reactive ketones (excluding diaryl/α,β-unsaturated/α-hetero) is 1. The van der Waals surface area contributed by atoms with Crippen LogP contribution >= 0.6 is 0 Å². The number of ketones is 1. The molecular formula is C26H30N2O5. The van der Waals surface area contributed by atoms with E-state index in [-0.39, 0.29) is 24.5 Å². The van der Waals surface area contributed by atoms with Crippen LogP contribution in [0.2, 0.25) is 0 Å². The Balaban J connectivity index is 1.90. The highest BCUT2D eigenvalue weighted by Crippen LogP contribution is 2.38. The van der Waals surface area contributed by atoms with Gasteiger partial charge in [-0.15, -0.1) is 0 Å². The van der Waals surface area contributed by atoms with Crippen LogP contribution in [0, 0.1) is 13.8 Å². The number of rotatable bonds is 10. The molecule has 2 aromatic carbocycles. The van der Waals surface area contributed by atoms with Crippen LogP contribution in [0.1, 0.15) is 43.7 Å². The summed E-state index contributed by atoms with van der Waals surface area (Å²) in [5.41, 5.74) is 5.09. The van der Waals surface area contributed by atoms with Gasteiger partial charge >= 0.3 is 0 Å². The van der Waals surface area contributed by atoms with Crippen LogP contribution in [-0.4, -0.2) is 31.1 Å². The summed E-state index contributed by atoms with van der Waals surface area (Å²) in [4.78, 5) is 24.2. The molecule has 0 unspecified atom stereocenters. The lowest BCUT2D eigenvalue weighted by molar-refractivity contribution is -0.122. The standard InChI is InChI=1S/C26H30N2O5/c1-6-7-20(29)9-11-25(30)28-22-13-18(8-10-23(22)31-4)21-15-27-33-26(21)19-12-16(2)17(3)24(14-19)32-5/h8,10,12-15H,6-7,9,11H2,1-5H3,(H,28,30). The minimum Gasteiger partial charge on any atom is -0.496 e. The zero-order valence-corrected chi connectivity index (χ0v) is 19.8. The predicted molar refractivity (Wildman–Crippen MR) is 128 cm³/mol. The minimum absolute atomic E-state index is 0.0892. The number of aromatic nitrogens is 1. The Bertz CT molecular complexity index is 1150. The largest absolute Gasteiger partial charge is 0.496 e. The molecule has 1 amide bonds. The number of carbonyl (C=O) groups excluding carboxylic acids is 2. The maximum absolute atomic E-state index is 12.5. The van der Waals surface area contributed by atoms with E-state index in [1.54, 1.807) is 26.5 Å². The maximum atomic E-state index is 12.5. The van der Waals surface area contributed by atoms with Crippen LogP contribution in [0.4, 0.5) is 5.69 Å². The fraction of sp³-hybridized carbons (Fsp3) is 0.346. The van der Waals surface area contributed by atoms with E-state index in [0.29, 0.717) is 23.6 Å². The van der Waals surface area contributed by atoms with Gasteiger partial charge in [0.05, 0.1) is 26.1 Å². The lowest BCUT2D eigenvalue weighted by Crippen LogP contribution is -2.14. The van der Waals surface area contributed by atoms with E-state index in [1.165, 1.54) is 0 Å². The van der Waals surface area contributed by atoms with Crippen LogP contribution in [0.3, 0.4) is 0 Å². The lowest BCUT2D eigenvalue weighted by atomic mass is 9.98. The molecule has 0 spiro atoms. The Kier molecular flexibility index (Phi) is 7.87. The molecule has 0 radical (unpaired) electrons. The van der Waals surface area contributed by atoms with E-state index in [1.807, 2.05) is 45.0 Å². The Morgan fingerprint density at radius 1 is 0.970 bits per heavy atom. The fourth-order valence-corrected chi connectivity index (χ4v) is 3.67. The number of carbonyl (C=O) groups is 2. The summed E-state index contributed by atoms with van der Waals surface area (Å²) in [7, 11) is 3.18. The van der Waals surface area contributed by atoms with Gasteiger partial charge in [0.1, 0.15) is 17.3 Å². The Hall–Kier alpha value is -3.61. The molecule has 1 heterocycles. The van der Waals surface area contributed by atoms with Gasteiger partial charge in [-0.1, -0.05) is 18.1 Å². The molecule has 0 saturated heterocycles. The van der Waals surface area contributed by atoms with E-state index >= 15 is 0 Å². The van der Waals surface area contributed by atoms with Gasteiger partial charge in [-0.2, -0.15) is 0 Å². The molecule has 0 bridgehead atoms. The molecule has 1 aromatic heterocycles. The first-order valence-corrected chi connectivity index (χ1v) is 11.0. The Morgan fingerprint density at radius 3 is 2.42 bits per heavy atom. The van der Waals surface area contributed by atoms with Crippen molar-refractivity contribution in [1.82, 2.24) is 5.16 Å². The molecule has 3 rings (SSSR count). The number of ether oxygens (including phenoxy) is 2. The van der Waals surface area contributed by atoms with Gasteiger partial charge in [0.15, 0.2) is 5.76 Å². The molecule has 3 aromatic rings. The summed E-state index contributed by atoms with van der Waals surface area (Å²) in [6.45, 7) is 5.97. The second kappa shape index (κ2) is 10.8. The van der Waals surface area contributed by atoms with Gasteiger partial charge < -0.3 is 19.3 Å². The summed E-state index contributed by atoms with van der Waals surface area (Å²) in [5, 5.41) is 6.88. The number of hydrogen-bond donors (Lipinski definition) is 1. The van der Waals surface area contributed by atoms with Crippen molar-refractivity contribution in [2.45, 2.75) is 46.5 Å². The van der Waals surface area contributed by atoms with Crippen LogP contribution in [0.25, 0.3) is 22.5 Å². The Labute approximate surface area is 194 Å². The van der Waals surface area contributed by atoms with Crippen molar-refractivity contribution in [2.75, 3.05) is 19.5 Å². The average molecular weight is 451 g/mol. The number of anilines is 1. The van der Waals surface area contributed by atoms with E-state index < -0.39 is 0 Å². The molecule has 7 heteroatoms. The summed E-state index contributed by atoms with van der Waals surface area (Å²) < 4.78 is 16.5. The van der Waals surface area contributed by atoms with Gasteiger partial charge in [0.2, 0.25) is 5.91 Å². The predicted octanol–water partition coefficient (Wildman–Crippen LogP) is 5.73. The monoisotopic (exact) mass is 450 g/mol. The first-order valence-electron chi connectivity index (χ1n) is 11.0. The number of methoxy groups -OCH3 is 2. The van der Waals surface area contributed by atoms with Gasteiger partial charge in [-0.25, -0.2) is 0 Å². The molecule has 0 fully saturated rings. The smallest absolute Gasteiger partial charge is 0.224 e. The van der Waals surface area contributed by atoms with Gasteiger partial charge in [-0.05, 0) is 61.2 Å². The second-order valence-electron chi connectivity index (χ2n) is 7.94. The molecule has 0 aliphatic heterocycles. The summed E-state index contributed by atoms with van der Waals surface area (Å²) in [6, 6.07) is 9.44. The van der Waals surface area contributed by atoms with E-state index in [0.717, 1.165) is 40.0 Å². The van der Waals surface area contributed by atoms with Crippen molar-refractivity contribution >= 4 is 17.4 Å². The lowest BCUT2D eigenvalue weighted by Gasteiger charge is -2.13. The molecule has 0 aliphatic rings. The maximum Gasteiger partial charge on any atom is 0.224 e. The highest BCUT2D eigenvalue weighted by Gasteiger charge is 2.18. The first-order chi connectivity index (χ1) is 15.9. The van der Waals surface area contributed by atoms with Gasteiger partial charge in [-0.3, -0.25) is 9.59 Å². The SMILES string of the molecule is CCCC(=O)CCC(=O)Nc1cc(-c2cnoc2-c2cc(C)c(C)c(OC)c2)ccc1OC. The van der Waals surface area contributed by atoms with E-state index in [9.17, 15) is 9.59 Å². The third-order valence-electron chi connectivity index (χ3n) is 5.62. The van der Waals surface area contributed by atoms with Crippen molar-refractivity contribution in [3.05, 3.63) is 47.7 Å². The van der Waals surface area contributed by atoms with Crippen molar-refractivity contribution in [1.29, 1.82) is 0 Å². The number of amides is 1. The van der Waals surface area contributed by atoms with Crippen LogP contribution < -0.4 is 14.8 Å². The molecular weight excluding hydrogens is 420 g/mol.